The predicted octanol–water partition coefficient (Wildman–Crippen LogP) is 1.75. The minimum Gasteiger partial charge on any atom is -0.360 e. The Hall–Kier alpha value is -1.31. The third kappa shape index (κ3) is 0.620. The van der Waals surface area contributed by atoms with Crippen molar-refractivity contribution in [3.63, 3.8) is 0 Å². The number of nitrogens with zero attached hydrogens (tertiary/aromatic N) is 1. The second-order valence-corrected chi connectivity index (χ2v) is 2.21. The molecule has 10 heavy (non-hydrogen) atoms. The van der Waals surface area contributed by atoms with Gasteiger partial charge in [0, 0.05) is 12.4 Å². The van der Waals surface area contributed by atoms with Gasteiger partial charge in [0.05, 0.1) is 11.0 Å². The first-order valence-electron chi connectivity index (χ1n) is 3.12. The van der Waals surface area contributed by atoms with Gasteiger partial charge < -0.3 is 4.98 Å². The van der Waals surface area contributed by atoms with Crippen LogP contribution in [0.15, 0.2) is 24.5 Å². The minimum absolute atomic E-state index is 0.954. The highest BCUT2D eigenvalue weighted by Gasteiger charge is 1.96. The maximum atomic E-state index is 4.15. The molecule has 0 saturated carbocycles. The van der Waals surface area contributed by atoms with E-state index in [1.54, 1.807) is 6.20 Å². The average molecular weight is 131 g/mol. The Bertz CT molecular complexity index is 349. The van der Waals surface area contributed by atoms with Crippen LogP contribution in [0, 0.1) is 6.92 Å². The molecule has 0 bridgehead atoms. The van der Waals surface area contributed by atoms with E-state index >= 15 is 0 Å². The van der Waals surface area contributed by atoms with Gasteiger partial charge in [0.25, 0.3) is 0 Å². The summed E-state index contributed by atoms with van der Waals surface area (Å²) in [5, 5.41) is 0. The Labute approximate surface area is 58.9 Å². The van der Waals surface area contributed by atoms with Gasteiger partial charge in [0.1, 0.15) is 0 Å². The summed E-state index contributed by atoms with van der Waals surface area (Å²) in [6.45, 7) is 3.81. The van der Waals surface area contributed by atoms with E-state index in [1.165, 1.54) is 0 Å². The number of aromatic amines is 1. The van der Waals surface area contributed by atoms with Crippen molar-refractivity contribution in [1.29, 1.82) is 0 Å². The Morgan fingerprint density at radius 1 is 1.50 bits per heavy atom. The first kappa shape index (κ1) is 5.47. The molecule has 1 radical (unpaired) electrons. The fourth-order valence-electron chi connectivity index (χ4n) is 1.01. The second-order valence-electron chi connectivity index (χ2n) is 2.21. The molecule has 2 heterocycles. The maximum absolute atomic E-state index is 4.15. The van der Waals surface area contributed by atoms with E-state index in [9.17, 15) is 0 Å². The van der Waals surface area contributed by atoms with Crippen molar-refractivity contribution < 1.29 is 0 Å². The van der Waals surface area contributed by atoms with E-state index in [2.05, 4.69) is 16.9 Å². The van der Waals surface area contributed by atoms with Crippen molar-refractivity contribution >= 4 is 11.0 Å². The molecule has 0 aliphatic heterocycles. The predicted molar refractivity (Wildman–Crippen MR) is 40.6 cm³/mol. The summed E-state index contributed by atoms with van der Waals surface area (Å²) in [7, 11) is 0. The van der Waals surface area contributed by atoms with Crippen LogP contribution in [0.3, 0.4) is 0 Å². The third-order valence-corrected chi connectivity index (χ3v) is 1.51. The molecule has 2 nitrogen and oxygen atoms in total. The molecule has 2 rings (SSSR count). The van der Waals surface area contributed by atoms with Gasteiger partial charge in [-0.15, -0.1) is 0 Å². The quantitative estimate of drug-likeness (QED) is 0.579. The minimum atomic E-state index is 0.954. The lowest BCUT2D eigenvalue weighted by molar-refractivity contribution is 1.40. The molecule has 2 aromatic rings. The number of pyridine rings is 1. The number of nitrogens with one attached hydrogen (secondary N) is 1. The zero-order chi connectivity index (χ0) is 6.97. The molecule has 0 fully saturated rings. The molecule has 0 unspecified atom stereocenters. The van der Waals surface area contributed by atoms with Crippen molar-refractivity contribution in [2.75, 3.05) is 0 Å². The standard InChI is InChI=1S/C8H7N2/c1-6-5-10-7-3-2-4-9-8(6)7/h2-5,10H,1H2. The number of hydrogen-bond acceptors (Lipinski definition) is 1. The van der Waals surface area contributed by atoms with Crippen molar-refractivity contribution in [3.8, 4) is 0 Å². The molecular weight excluding hydrogens is 124 g/mol. The second kappa shape index (κ2) is 1.84. The molecule has 0 aliphatic carbocycles. The molecule has 2 heteroatoms. The van der Waals surface area contributed by atoms with Crippen LogP contribution in [0.4, 0.5) is 0 Å². The van der Waals surface area contributed by atoms with Crippen LogP contribution in [0.5, 0.6) is 0 Å². The Balaban J connectivity index is 2.93. The summed E-state index contributed by atoms with van der Waals surface area (Å²) in [5.41, 5.74) is 2.96. The van der Waals surface area contributed by atoms with Crippen LogP contribution in [-0.2, 0) is 0 Å². The highest BCUT2D eigenvalue weighted by Crippen LogP contribution is 2.12. The topological polar surface area (TPSA) is 28.7 Å². The summed E-state index contributed by atoms with van der Waals surface area (Å²) in [6, 6.07) is 3.88. The summed E-state index contributed by atoms with van der Waals surface area (Å²) >= 11 is 0. The Morgan fingerprint density at radius 3 is 3.20 bits per heavy atom. The smallest absolute Gasteiger partial charge is 0.0910 e. The first-order chi connectivity index (χ1) is 4.88. The molecule has 0 amide bonds. The van der Waals surface area contributed by atoms with E-state index < -0.39 is 0 Å². The van der Waals surface area contributed by atoms with Gasteiger partial charge >= 0.3 is 0 Å². The highest BCUT2D eigenvalue weighted by atomic mass is 14.8. The lowest BCUT2D eigenvalue weighted by Gasteiger charge is -1.85. The largest absolute Gasteiger partial charge is 0.360 e. The van der Waals surface area contributed by atoms with Gasteiger partial charge in [-0.2, -0.15) is 0 Å². The van der Waals surface area contributed by atoms with Gasteiger partial charge in [-0.3, -0.25) is 4.98 Å². The van der Waals surface area contributed by atoms with E-state index in [1.807, 2.05) is 18.3 Å². The van der Waals surface area contributed by atoms with Gasteiger partial charge in [-0.05, 0) is 24.6 Å². The average Bonchev–Trinajstić information content (AvgIpc) is 2.34. The van der Waals surface area contributed by atoms with Gasteiger partial charge in [0.2, 0.25) is 0 Å². The van der Waals surface area contributed by atoms with Crippen LogP contribution in [0.25, 0.3) is 11.0 Å². The number of rotatable bonds is 0. The van der Waals surface area contributed by atoms with E-state index in [-0.39, 0.29) is 0 Å². The maximum Gasteiger partial charge on any atom is 0.0910 e. The van der Waals surface area contributed by atoms with Gasteiger partial charge in [-0.25, -0.2) is 0 Å². The number of H-pyrrole nitrogens is 1. The number of fused-ring (bicyclic) bond motifs is 1. The zero-order valence-corrected chi connectivity index (χ0v) is 5.46. The summed E-state index contributed by atoms with van der Waals surface area (Å²) in [4.78, 5) is 7.21. The third-order valence-electron chi connectivity index (χ3n) is 1.51. The molecule has 0 aliphatic rings. The number of aromatic nitrogens is 2. The Kier molecular flexibility index (Phi) is 1.01. The zero-order valence-electron chi connectivity index (χ0n) is 5.46. The van der Waals surface area contributed by atoms with Gasteiger partial charge in [-0.1, -0.05) is 0 Å². The molecule has 49 valence electrons. The molecule has 0 atom stereocenters. The SMILES string of the molecule is [CH2]c1c[nH]c2cccnc12. The van der Waals surface area contributed by atoms with Crippen LogP contribution >= 0.6 is 0 Å². The Morgan fingerprint density at radius 2 is 2.40 bits per heavy atom. The molecule has 0 saturated heterocycles. The highest BCUT2D eigenvalue weighted by molar-refractivity contribution is 5.79. The molecule has 1 N–H and O–H groups in total. The van der Waals surface area contributed by atoms with Crippen molar-refractivity contribution in [3.05, 3.63) is 37.0 Å². The fourth-order valence-corrected chi connectivity index (χ4v) is 1.01. The fraction of sp³-hybridized carbons (Fsp3) is 0. The summed E-state index contributed by atoms with van der Waals surface area (Å²) in [5.74, 6) is 0. The van der Waals surface area contributed by atoms with Crippen LogP contribution in [-0.4, -0.2) is 9.97 Å². The molecular formula is C8H7N2. The molecule has 2 aromatic heterocycles. The lowest BCUT2D eigenvalue weighted by Crippen LogP contribution is -1.72. The van der Waals surface area contributed by atoms with Crippen molar-refractivity contribution in [2.45, 2.75) is 0 Å². The molecule has 0 aromatic carbocycles. The monoisotopic (exact) mass is 131 g/mol. The summed E-state index contributed by atoms with van der Waals surface area (Å²) < 4.78 is 0. The van der Waals surface area contributed by atoms with Crippen LogP contribution < -0.4 is 0 Å². The summed E-state index contributed by atoms with van der Waals surface area (Å²) in [6.07, 6.45) is 3.63. The lowest BCUT2D eigenvalue weighted by atomic mass is 10.3. The normalized spacial score (nSPS) is 10.5. The van der Waals surface area contributed by atoms with Crippen LogP contribution in [0.2, 0.25) is 0 Å². The van der Waals surface area contributed by atoms with E-state index in [4.69, 9.17) is 0 Å². The van der Waals surface area contributed by atoms with Crippen LogP contribution in [0.1, 0.15) is 5.56 Å². The number of hydrogen-bond donors (Lipinski definition) is 1. The van der Waals surface area contributed by atoms with Gasteiger partial charge in [0.15, 0.2) is 0 Å². The van der Waals surface area contributed by atoms with Crippen molar-refractivity contribution in [2.24, 2.45) is 0 Å². The molecule has 0 spiro atoms. The first-order valence-corrected chi connectivity index (χ1v) is 3.12. The van der Waals surface area contributed by atoms with E-state index in [0.29, 0.717) is 0 Å². The van der Waals surface area contributed by atoms with Crippen molar-refractivity contribution in [1.82, 2.24) is 9.97 Å². The van der Waals surface area contributed by atoms with E-state index in [0.717, 1.165) is 16.6 Å².